The molecule has 0 atom stereocenters. The van der Waals surface area contributed by atoms with Gasteiger partial charge in [0.1, 0.15) is 11.5 Å². The van der Waals surface area contributed by atoms with Crippen LogP contribution in [0.15, 0.2) is 65.5 Å². The molecule has 0 bridgehead atoms. The van der Waals surface area contributed by atoms with Crippen molar-refractivity contribution in [3.8, 4) is 11.4 Å². The predicted octanol–water partition coefficient (Wildman–Crippen LogP) is 3.49. The first-order valence-corrected chi connectivity index (χ1v) is 8.57. The molecule has 5 heteroatoms. The van der Waals surface area contributed by atoms with Crippen LogP contribution in [-0.2, 0) is 6.54 Å². The molecule has 3 rings (SSSR count). The summed E-state index contributed by atoms with van der Waals surface area (Å²) in [6.07, 6.45) is 0. The molecule has 1 amide bonds. The molecular formula is C21H21N3O2. The molecule has 5 nitrogen and oxygen atoms in total. The second kappa shape index (κ2) is 7.78. The van der Waals surface area contributed by atoms with Crippen molar-refractivity contribution in [3.63, 3.8) is 0 Å². The smallest absolute Gasteiger partial charge is 0.270 e. The standard InChI is InChI=1S/C21H21N3O2/c1-14(2)16-10-8-15(9-11-16)13-22-21(26)18-12-19(25)24-20(23-18)17-6-4-3-5-7-17/h3-12,14H,13H2,1-2H3,(H,22,26)(H,23,24,25). The molecule has 132 valence electrons. The first-order chi connectivity index (χ1) is 12.5. The van der Waals surface area contributed by atoms with Crippen molar-refractivity contribution >= 4 is 5.91 Å². The number of hydrogen-bond acceptors (Lipinski definition) is 3. The van der Waals surface area contributed by atoms with Crippen LogP contribution in [0.2, 0.25) is 0 Å². The monoisotopic (exact) mass is 347 g/mol. The van der Waals surface area contributed by atoms with Gasteiger partial charge in [-0.2, -0.15) is 0 Å². The fourth-order valence-electron chi connectivity index (χ4n) is 2.60. The Morgan fingerprint density at radius 3 is 2.42 bits per heavy atom. The number of benzene rings is 2. The number of rotatable bonds is 5. The normalized spacial score (nSPS) is 10.7. The van der Waals surface area contributed by atoms with Crippen LogP contribution in [0.5, 0.6) is 0 Å². The van der Waals surface area contributed by atoms with Crippen LogP contribution in [0.4, 0.5) is 0 Å². The Morgan fingerprint density at radius 2 is 1.77 bits per heavy atom. The topological polar surface area (TPSA) is 74.8 Å². The van der Waals surface area contributed by atoms with Crippen LogP contribution in [0.1, 0.15) is 41.4 Å². The number of amides is 1. The molecule has 0 aliphatic heterocycles. The van der Waals surface area contributed by atoms with E-state index in [1.54, 1.807) is 0 Å². The summed E-state index contributed by atoms with van der Waals surface area (Å²) in [5, 5.41) is 2.82. The van der Waals surface area contributed by atoms with E-state index >= 15 is 0 Å². The van der Waals surface area contributed by atoms with Crippen LogP contribution >= 0.6 is 0 Å². The quantitative estimate of drug-likeness (QED) is 0.742. The molecular weight excluding hydrogens is 326 g/mol. The van der Waals surface area contributed by atoms with Gasteiger partial charge in [-0.15, -0.1) is 0 Å². The van der Waals surface area contributed by atoms with Crippen LogP contribution < -0.4 is 10.9 Å². The molecule has 2 N–H and O–H groups in total. The summed E-state index contributed by atoms with van der Waals surface area (Å²) in [5.74, 6) is 0.473. The van der Waals surface area contributed by atoms with E-state index < -0.39 is 0 Å². The van der Waals surface area contributed by atoms with Crippen molar-refractivity contribution in [2.75, 3.05) is 0 Å². The number of aromatic nitrogens is 2. The molecule has 1 heterocycles. The second-order valence-electron chi connectivity index (χ2n) is 6.42. The predicted molar refractivity (Wildman–Crippen MR) is 102 cm³/mol. The van der Waals surface area contributed by atoms with Gasteiger partial charge in [0.25, 0.3) is 11.5 Å². The Morgan fingerprint density at radius 1 is 1.08 bits per heavy atom. The molecule has 0 fully saturated rings. The molecule has 0 unspecified atom stereocenters. The van der Waals surface area contributed by atoms with E-state index in [4.69, 9.17) is 0 Å². The van der Waals surface area contributed by atoms with E-state index in [2.05, 4.69) is 41.3 Å². The Bertz CT molecular complexity index is 945. The van der Waals surface area contributed by atoms with E-state index in [9.17, 15) is 9.59 Å². The number of hydrogen-bond donors (Lipinski definition) is 2. The van der Waals surface area contributed by atoms with Crippen LogP contribution in [0.3, 0.4) is 0 Å². The summed E-state index contributed by atoms with van der Waals surface area (Å²) in [5.41, 5.74) is 2.75. The third kappa shape index (κ3) is 4.25. The third-order valence-corrected chi connectivity index (χ3v) is 4.12. The van der Waals surface area contributed by atoms with E-state index in [1.807, 2.05) is 42.5 Å². The van der Waals surface area contributed by atoms with Gasteiger partial charge < -0.3 is 10.3 Å². The largest absolute Gasteiger partial charge is 0.347 e. The first-order valence-electron chi connectivity index (χ1n) is 8.57. The summed E-state index contributed by atoms with van der Waals surface area (Å²) in [7, 11) is 0. The zero-order chi connectivity index (χ0) is 18.5. The fraction of sp³-hybridized carbons (Fsp3) is 0.190. The first kappa shape index (κ1) is 17.6. The van der Waals surface area contributed by atoms with Crippen molar-refractivity contribution in [2.45, 2.75) is 26.3 Å². The van der Waals surface area contributed by atoms with Gasteiger partial charge in [-0.05, 0) is 17.0 Å². The third-order valence-electron chi connectivity index (χ3n) is 4.12. The number of nitrogens with zero attached hydrogens (tertiary/aromatic N) is 1. The van der Waals surface area contributed by atoms with Gasteiger partial charge >= 0.3 is 0 Å². The Balaban J connectivity index is 1.73. The lowest BCUT2D eigenvalue weighted by Crippen LogP contribution is -2.26. The molecule has 0 saturated heterocycles. The Labute approximate surface area is 152 Å². The number of aromatic amines is 1. The molecule has 0 radical (unpaired) electrons. The lowest BCUT2D eigenvalue weighted by Gasteiger charge is -2.09. The molecule has 3 aromatic rings. The van der Waals surface area contributed by atoms with Gasteiger partial charge in [0.15, 0.2) is 0 Å². The number of carbonyl (C=O) groups excluding carboxylic acids is 1. The molecule has 26 heavy (non-hydrogen) atoms. The Hall–Kier alpha value is -3.21. The molecule has 0 aliphatic rings. The highest BCUT2D eigenvalue weighted by atomic mass is 16.2. The van der Waals surface area contributed by atoms with Gasteiger partial charge in [-0.3, -0.25) is 9.59 Å². The molecule has 0 aliphatic carbocycles. The molecule has 1 aromatic heterocycles. The minimum atomic E-state index is -0.374. The maximum Gasteiger partial charge on any atom is 0.270 e. The highest BCUT2D eigenvalue weighted by molar-refractivity contribution is 5.92. The van der Waals surface area contributed by atoms with Crippen molar-refractivity contribution < 1.29 is 4.79 Å². The number of nitrogens with one attached hydrogen (secondary N) is 2. The van der Waals surface area contributed by atoms with Crippen molar-refractivity contribution in [3.05, 3.63) is 87.8 Å². The highest BCUT2D eigenvalue weighted by Crippen LogP contribution is 2.15. The van der Waals surface area contributed by atoms with Gasteiger partial charge in [0, 0.05) is 18.2 Å². The molecule has 0 spiro atoms. The number of H-pyrrole nitrogens is 1. The zero-order valence-electron chi connectivity index (χ0n) is 14.8. The molecule has 2 aromatic carbocycles. The van der Waals surface area contributed by atoms with E-state index in [1.165, 1.54) is 11.6 Å². The minimum Gasteiger partial charge on any atom is -0.347 e. The lowest BCUT2D eigenvalue weighted by atomic mass is 10.0. The summed E-state index contributed by atoms with van der Waals surface area (Å²) in [4.78, 5) is 31.2. The summed E-state index contributed by atoms with van der Waals surface area (Å²) >= 11 is 0. The van der Waals surface area contributed by atoms with Gasteiger partial charge in [0.05, 0.1) is 0 Å². The fourth-order valence-corrected chi connectivity index (χ4v) is 2.60. The maximum absolute atomic E-state index is 12.4. The van der Waals surface area contributed by atoms with Crippen molar-refractivity contribution in [1.29, 1.82) is 0 Å². The van der Waals surface area contributed by atoms with Crippen LogP contribution in [0.25, 0.3) is 11.4 Å². The van der Waals surface area contributed by atoms with Crippen LogP contribution in [0, 0.1) is 0 Å². The van der Waals surface area contributed by atoms with Gasteiger partial charge in [0.2, 0.25) is 0 Å². The molecule has 0 saturated carbocycles. The average molecular weight is 347 g/mol. The Kier molecular flexibility index (Phi) is 5.27. The SMILES string of the molecule is CC(C)c1ccc(CNC(=O)c2cc(=O)[nH]c(-c3ccccc3)n2)cc1. The van der Waals surface area contributed by atoms with Crippen molar-refractivity contribution in [1.82, 2.24) is 15.3 Å². The van der Waals surface area contributed by atoms with Gasteiger partial charge in [-0.1, -0.05) is 68.4 Å². The minimum absolute atomic E-state index is 0.103. The summed E-state index contributed by atoms with van der Waals surface area (Å²) in [6.45, 7) is 4.66. The zero-order valence-corrected chi connectivity index (χ0v) is 14.8. The number of carbonyl (C=O) groups is 1. The van der Waals surface area contributed by atoms with E-state index in [-0.39, 0.29) is 17.2 Å². The second-order valence-corrected chi connectivity index (χ2v) is 6.42. The maximum atomic E-state index is 12.4. The average Bonchev–Trinajstić information content (AvgIpc) is 2.66. The van der Waals surface area contributed by atoms with Gasteiger partial charge in [-0.25, -0.2) is 4.98 Å². The van der Waals surface area contributed by atoms with E-state index in [0.29, 0.717) is 18.3 Å². The van der Waals surface area contributed by atoms with Crippen LogP contribution in [-0.4, -0.2) is 15.9 Å². The highest BCUT2D eigenvalue weighted by Gasteiger charge is 2.11. The summed E-state index contributed by atoms with van der Waals surface area (Å²) in [6, 6.07) is 18.6. The van der Waals surface area contributed by atoms with Crippen molar-refractivity contribution in [2.24, 2.45) is 0 Å². The van der Waals surface area contributed by atoms with E-state index in [0.717, 1.165) is 11.1 Å². The summed E-state index contributed by atoms with van der Waals surface area (Å²) < 4.78 is 0. The lowest BCUT2D eigenvalue weighted by molar-refractivity contribution is 0.0945.